The molecule has 0 fully saturated rings. The first-order valence-electron chi connectivity index (χ1n) is 13.4. The lowest BCUT2D eigenvalue weighted by molar-refractivity contribution is 0.526. The molecule has 0 saturated heterocycles. The molecule has 1 aromatic rings. The Morgan fingerprint density at radius 1 is 0.621 bits per heavy atom. The Morgan fingerprint density at radius 2 is 1.10 bits per heavy atom. The second-order valence-corrected chi connectivity index (χ2v) is 10.2. The zero-order valence-corrected chi connectivity index (χ0v) is 21.1. The molecule has 29 heavy (non-hydrogen) atoms. The minimum atomic E-state index is 0.823. The molecule has 1 aromatic heterocycles. The van der Waals surface area contributed by atoms with Crippen LogP contribution in [0.15, 0.2) is 11.4 Å². The van der Waals surface area contributed by atoms with Crippen LogP contribution in [0.4, 0.5) is 0 Å². The van der Waals surface area contributed by atoms with Gasteiger partial charge in [-0.15, -0.1) is 11.3 Å². The van der Waals surface area contributed by atoms with Gasteiger partial charge in [-0.2, -0.15) is 0 Å². The van der Waals surface area contributed by atoms with E-state index in [2.05, 4.69) is 32.2 Å². The van der Waals surface area contributed by atoms with Gasteiger partial charge in [-0.1, -0.05) is 124 Å². The zero-order valence-electron chi connectivity index (χ0n) is 20.3. The van der Waals surface area contributed by atoms with Gasteiger partial charge in [-0.25, -0.2) is 0 Å². The summed E-state index contributed by atoms with van der Waals surface area (Å²) in [5.41, 5.74) is 1.68. The largest absolute Gasteiger partial charge is 0.148 e. The van der Waals surface area contributed by atoms with Gasteiger partial charge < -0.3 is 0 Å². The molecular formula is C28H52S. The highest BCUT2D eigenvalue weighted by molar-refractivity contribution is 7.10. The Morgan fingerprint density at radius 3 is 1.62 bits per heavy atom. The quantitative estimate of drug-likeness (QED) is 0.173. The summed E-state index contributed by atoms with van der Waals surface area (Å²) >= 11 is 2.04. The fourth-order valence-corrected chi connectivity index (χ4v) is 5.76. The van der Waals surface area contributed by atoms with Crippen molar-refractivity contribution in [3.63, 3.8) is 0 Å². The first-order chi connectivity index (χ1) is 14.3. The smallest absolute Gasteiger partial charge is 0.0108 e. The van der Waals surface area contributed by atoms with Crippen LogP contribution in [0.3, 0.4) is 0 Å². The maximum Gasteiger partial charge on any atom is 0.0108 e. The van der Waals surface area contributed by atoms with Crippen LogP contribution in [-0.4, -0.2) is 0 Å². The molecule has 0 aliphatic carbocycles. The molecule has 1 atom stereocenters. The molecule has 0 radical (unpaired) electrons. The highest BCUT2D eigenvalue weighted by Crippen LogP contribution is 2.33. The Bertz CT molecular complexity index is 447. The van der Waals surface area contributed by atoms with E-state index in [4.69, 9.17) is 0 Å². The Kier molecular flexibility index (Phi) is 18.1. The normalized spacial score (nSPS) is 12.5. The van der Waals surface area contributed by atoms with Gasteiger partial charge in [-0.05, 0) is 48.6 Å². The van der Waals surface area contributed by atoms with Crippen molar-refractivity contribution in [3.05, 3.63) is 21.9 Å². The molecular weight excluding hydrogens is 368 g/mol. The van der Waals surface area contributed by atoms with E-state index in [1.807, 2.05) is 11.3 Å². The summed E-state index contributed by atoms with van der Waals surface area (Å²) in [6.07, 6.45) is 28.4. The summed E-state index contributed by atoms with van der Waals surface area (Å²) < 4.78 is 0. The van der Waals surface area contributed by atoms with E-state index in [9.17, 15) is 0 Å². The third-order valence-electron chi connectivity index (χ3n) is 6.60. The van der Waals surface area contributed by atoms with Gasteiger partial charge in [-0.3, -0.25) is 0 Å². The molecule has 1 heterocycles. The molecule has 0 bridgehead atoms. The third kappa shape index (κ3) is 13.6. The molecule has 0 aliphatic heterocycles. The lowest BCUT2D eigenvalue weighted by atomic mass is 9.92. The van der Waals surface area contributed by atoms with Crippen molar-refractivity contribution in [3.8, 4) is 0 Å². The first kappa shape index (κ1) is 26.7. The van der Waals surface area contributed by atoms with Gasteiger partial charge in [0.1, 0.15) is 0 Å². The number of hydrogen-bond acceptors (Lipinski definition) is 1. The molecule has 1 unspecified atom stereocenters. The number of rotatable bonds is 21. The molecule has 0 aliphatic rings. The average molecular weight is 421 g/mol. The predicted molar refractivity (Wildman–Crippen MR) is 136 cm³/mol. The molecule has 0 saturated carbocycles. The van der Waals surface area contributed by atoms with Crippen LogP contribution >= 0.6 is 11.3 Å². The summed E-state index contributed by atoms with van der Waals surface area (Å²) in [7, 11) is 0. The Balaban J connectivity index is 2.14. The standard InChI is InChI=1S/C28H52S/c1-4-7-9-11-13-14-15-17-19-21-23-27-24-25-29-28(27)26(6-3)22-20-18-16-12-10-8-5-2/h24-26H,4-23H2,1-3H3. The highest BCUT2D eigenvalue weighted by Gasteiger charge is 2.14. The SMILES string of the molecule is CCCCCCCCCCCCc1ccsc1C(CC)CCCCCCCCC. The van der Waals surface area contributed by atoms with Crippen LogP contribution in [0.1, 0.15) is 159 Å². The van der Waals surface area contributed by atoms with Crippen molar-refractivity contribution in [2.24, 2.45) is 0 Å². The van der Waals surface area contributed by atoms with E-state index in [0.29, 0.717) is 0 Å². The number of thiophene rings is 1. The molecule has 0 nitrogen and oxygen atoms in total. The molecule has 1 rings (SSSR count). The second-order valence-electron chi connectivity index (χ2n) is 9.26. The second kappa shape index (κ2) is 19.7. The summed E-state index contributed by atoms with van der Waals surface area (Å²) in [6, 6.07) is 2.43. The van der Waals surface area contributed by atoms with Gasteiger partial charge in [0.2, 0.25) is 0 Å². The molecule has 1 heteroatoms. The fourth-order valence-electron chi connectivity index (χ4n) is 4.58. The predicted octanol–water partition coefficient (Wildman–Crippen LogP) is 10.8. The van der Waals surface area contributed by atoms with E-state index in [1.165, 1.54) is 128 Å². The van der Waals surface area contributed by atoms with Gasteiger partial charge in [0.05, 0.1) is 0 Å². The molecule has 0 amide bonds. The van der Waals surface area contributed by atoms with E-state index < -0.39 is 0 Å². The van der Waals surface area contributed by atoms with E-state index in [0.717, 1.165) is 5.92 Å². The Hall–Kier alpha value is -0.300. The first-order valence-corrected chi connectivity index (χ1v) is 14.3. The van der Waals surface area contributed by atoms with Crippen LogP contribution in [0.5, 0.6) is 0 Å². The fraction of sp³-hybridized carbons (Fsp3) is 0.857. The maximum absolute atomic E-state index is 2.43. The van der Waals surface area contributed by atoms with E-state index in [1.54, 1.807) is 10.4 Å². The van der Waals surface area contributed by atoms with Crippen LogP contribution in [0.25, 0.3) is 0 Å². The van der Waals surface area contributed by atoms with Crippen molar-refractivity contribution >= 4 is 11.3 Å². The van der Waals surface area contributed by atoms with Crippen LogP contribution in [-0.2, 0) is 6.42 Å². The monoisotopic (exact) mass is 420 g/mol. The third-order valence-corrected chi connectivity index (χ3v) is 7.72. The van der Waals surface area contributed by atoms with Gasteiger partial charge in [0, 0.05) is 4.88 Å². The van der Waals surface area contributed by atoms with Crippen molar-refractivity contribution in [2.45, 2.75) is 155 Å². The Labute approximate surface area is 188 Å². The lowest BCUT2D eigenvalue weighted by Crippen LogP contribution is -1.99. The number of hydrogen-bond donors (Lipinski definition) is 0. The van der Waals surface area contributed by atoms with Crippen molar-refractivity contribution in [1.82, 2.24) is 0 Å². The lowest BCUT2D eigenvalue weighted by Gasteiger charge is -2.16. The minimum absolute atomic E-state index is 0.823. The average Bonchev–Trinajstić information content (AvgIpc) is 3.20. The van der Waals surface area contributed by atoms with Crippen LogP contribution in [0.2, 0.25) is 0 Å². The van der Waals surface area contributed by atoms with Crippen LogP contribution in [0, 0.1) is 0 Å². The van der Waals surface area contributed by atoms with Crippen molar-refractivity contribution in [1.29, 1.82) is 0 Å². The minimum Gasteiger partial charge on any atom is -0.148 e. The molecule has 170 valence electrons. The van der Waals surface area contributed by atoms with Gasteiger partial charge >= 0.3 is 0 Å². The molecule has 0 spiro atoms. The van der Waals surface area contributed by atoms with E-state index in [-0.39, 0.29) is 0 Å². The van der Waals surface area contributed by atoms with Crippen molar-refractivity contribution in [2.75, 3.05) is 0 Å². The summed E-state index contributed by atoms with van der Waals surface area (Å²) in [6.45, 7) is 7.01. The topological polar surface area (TPSA) is 0 Å². The maximum atomic E-state index is 2.43. The zero-order chi connectivity index (χ0) is 21.0. The molecule has 0 N–H and O–H groups in total. The summed E-state index contributed by atoms with van der Waals surface area (Å²) in [5, 5.41) is 2.36. The van der Waals surface area contributed by atoms with Crippen LogP contribution < -0.4 is 0 Å². The number of aryl methyl sites for hydroxylation is 1. The summed E-state index contributed by atoms with van der Waals surface area (Å²) in [5.74, 6) is 0.823. The van der Waals surface area contributed by atoms with Gasteiger partial charge in [0.25, 0.3) is 0 Å². The summed E-state index contributed by atoms with van der Waals surface area (Å²) in [4.78, 5) is 1.73. The van der Waals surface area contributed by atoms with E-state index >= 15 is 0 Å². The number of unbranched alkanes of at least 4 members (excludes halogenated alkanes) is 15. The van der Waals surface area contributed by atoms with Gasteiger partial charge in [0.15, 0.2) is 0 Å². The van der Waals surface area contributed by atoms with Crippen molar-refractivity contribution < 1.29 is 0 Å². The highest BCUT2D eigenvalue weighted by atomic mass is 32.1. The molecule has 0 aromatic carbocycles.